The molecule has 0 fully saturated rings. The van der Waals surface area contributed by atoms with Gasteiger partial charge in [0.2, 0.25) is 0 Å². The van der Waals surface area contributed by atoms with Crippen molar-refractivity contribution in [2.45, 2.75) is 0 Å². The summed E-state index contributed by atoms with van der Waals surface area (Å²) in [5.74, 6) is 6.25. The summed E-state index contributed by atoms with van der Waals surface area (Å²) in [6, 6.07) is 8.94. The van der Waals surface area contributed by atoms with Crippen LogP contribution < -0.4 is 4.74 Å². The van der Waals surface area contributed by atoms with Gasteiger partial charge >= 0.3 is 5.97 Å². The van der Waals surface area contributed by atoms with Gasteiger partial charge in [-0.2, -0.15) is 0 Å². The molecule has 0 N–H and O–H groups in total. The average Bonchev–Trinajstić information content (AvgIpc) is 2.53. The van der Waals surface area contributed by atoms with Gasteiger partial charge in [0.05, 0.1) is 25.3 Å². The molecule has 1 aromatic carbocycles. The van der Waals surface area contributed by atoms with Gasteiger partial charge in [0, 0.05) is 18.0 Å². The lowest BCUT2D eigenvalue weighted by Crippen LogP contribution is -2.04. The molecule has 1 heterocycles. The summed E-state index contributed by atoms with van der Waals surface area (Å²) in [5, 5.41) is 0. The Labute approximate surface area is 117 Å². The summed E-state index contributed by atoms with van der Waals surface area (Å²) in [6.45, 7) is 0. The Hall–Kier alpha value is -2.80. The smallest absolute Gasteiger partial charge is 0.339 e. The largest absolute Gasteiger partial charge is 0.497 e. The van der Waals surface area contributed by atoms with Crippen molar-refractivity contribution in [3.8, 4) is 17.6 Å². The van der Waals surface area contributed by atoms with Crippen LogP contribution in [-0.4, -0.2) is 25.2 Å². The molecule has 0 spiro atoms. The summed E-state index contributed by atoms with van der Waals surface area (Å²) in [4.78, 5) is 15.6. The number of hydrogen-bond donors (Lipinski definition) is 0. The van der Waals surface area contributed by atoms with Crippen LogP contribution in [0.1, 0.15) is 21.5 Å². The Morgan fingerprint density at radius 1 is 1.10 bits per heavy atom. The minimum atomic E-state index is -0.425. The normalized spacial score (nSPS) is 9.30. The highest BCUT2D eigenvalue weighted by atomic mass is 16.5. The van der Waals surface area contributed by atoms with Crippen LogP contribution in [0.4, 0.5) is 0 Å². The highest BCUT2D eigenvalue weighted by Gasteiger charge is 2.09. The molecule has 0 saturated heterocycles. The predicted molar refractivity (Wildman–Crippen MR) is 74.6 cm³/mol. The highest BCUT2D eigenvalue weighted by Crippen LogP contribution is 2.11. The maximum Gasteiger partial charge on any atom is 0.339 e. The average molecular weight is 267 g/mol. The van der Waals surface area contributed by atoms with Gasteiger partial charge in [0.1, 0.15) is 5.75 Å². The van der Waals surface area contributed by atoms with E-state index in [-0.39, 0.29) is 0 Å². The van der Waals surface area contributed by atoms with E-state index in [0.717, 1.165) is 11.3 Å². The van der Waals surface area contributed by atoms with Crippen molar-refractivity contribution in [2.75, 3.05) is 14.2 Å². The Balaban J connectivity index is 2.30. The van der Waals surface area contributed by atoms with E-state index in [1.54, 1.807) is 19.4 Å². The summed E-state index contributed by atoms with van der Waals surface area (Å²) < 4.78 is 9.79. The van der Waals surface area contributed by atoms with Crippen LogP contribution in [0.2, 0.25) is 0 Å². The lowest BCUT2D eigenvalue weighted by Gasteiger charge is -2.01. The first kappa shape index (κ1) is 13.6. The third kappa shape index (κ3) is 3.15. The van der Waals surface area contributed by atoms with Crippen molar-refractivity contribution >= 4 is 5.97 Å². The summed E-state index contributed by atoms with van der Waals surface area (Å²) in [6.07, 6.45) is 3.08. The van der Waals surface area contributed by atoms with Crippen LogP contribution in [0.5, 0.6) is 5.75 Å². The number of rotatable bonds is 2. The van der Waals surface area contributed by atoms with E-state index in [9.17, 15) is 4.79 Å². The molecule has 0 atom stereocenters. The Bertz CT molecular complexity index is 666. The molecule has 2 aromatic rings. The van der Waals surface area contributed by atoms with Crippen molar-refractivity contribution in [1.82, 2.24) is 4.98 Å². The van der Waals surface area contributed by atoms with Crippen LogP contribution >= 0.6 is 0 Å². The van der Waals surface area contributed by atoms with E-state index < -0.39 is 5.97 Å². The zero-order valence-electron chi connectivity index (χ0n) is 11.2. The fraction of sp³-hybridized carbons (Fsp3) is 0.125. The number of aromatic nitrogens is 1. The van der Waals surface area contributed by atoms with E-state index in [1.165, 1.54) is 13.3 Å². The molecule has 4 nitrogen and oxygen atoms in total. The third-order valence-electron chi connectivity index (χ3n) is 2.66. The van der Waals surface area contributed by atoms with Crippen molar-refractivity contribution < 1.29 is 14.3 Å². The SMILES string of the molecule is COC(=O)c1ccncc1C#Cc1ccc(OC)cc1. The van der Waals surface area contributed by atoms with Gasteiger partial charge in [-0.3, -0.25) is 4.98 Å². The van der Waals surface area contributed by atoms with Crippen LogP contribution in [0, 0.1) is 11.8 Å². The Kier molecular flexibility index (Phi) is 4.35. The van der Waals surface area contributed by atoms with E-state index in [1.807, 2.05) is 24.3 Å². The second-order valence-corrected chi connectivity index (χ2v) is 3.89. The number of ether oxygens (including phenoxy) is 2. The molecule has 0 bridgehead atoms. The molecule has 0 aliphatic rings. The second kappa shape index (κ2) is 6.39. The number of esters is 1. The highest BCUT2D eigenvalue weighted by molar-refractivity contribution is 5.92. The molecule has 0 aliphatic heterocycles. The van der Waals surface area contributed by atoms with Crippen molar-refractivity contribution in [3.05, 3.63) is 59.4 Å². The summed E-state index contributed by atoms with van der Waals surface area (Å²) >= 11 is 0. The number of pyridine rings is 1. The molecule has 4 heteroatoms. The molecule has 1 aromatic heterocycles. The van der Waals surface area contributed by atoms with Gasteiger partial charge in [-0.15, -0.1) is 0 Å². The molecule has 0 radical (unpaired) electrons. The van der Waals surface area contributed by atoms with Gasteiger partial charge < -0.3 is 9.47 Å². The lowest BCUT2D eigenvalue weighted by molar-refractivity contribution is 0.0600. The molecular weight excluding hydrogens is 254 g/mol. The standard InChI is InChI=1S/C16H13NO3/c1-19-14-7-4-12(5-8-14)3-6-13-11-17-10-9-15(13)16(18)20-2/h4-5,7-11H,1-2H3. The maximum atomic E-state index is 11.6. The summed E-state index contributed by atoms with van der Waals surface area (Å²) in [5.41, 5.74) is 1.77. The molecule has 0 unspecified atom stereocenters. The third-order valence-corrected chi connectivity index (χ3v) is 2.66. The van der Waals surface area contributed by atoms with Gasteiger partial charge in [-0.05, 0) is 30.3 Å². The molecule has 0 aliphatic carbocycles. The molecule has 2 rings (SSSR count). The topological polar surface area (TPSA) is 48.4 Å². The van der Waals surface area contributed by atoms with Gasteiger partial charge in [0.25, 0.3) is 0 Å². The quantitative estimate of drug-likeness (QED) is 0.618. The second-order valence-electron chi connectivity index (χ2n) is 3.89. The minimum absolute atomic E-state index is 0.406. The van der Waals surface area contributed by atoms with Gasteiger partial charge in [-0.25, -0.2) is 4.79 Å². The molecule has 20 heavy (non-hydrogen) atoms. The minimum Gasteiger partial charge on any atom is -0.497 e. The summed E-state index contributed by atoms with van der Waals surface area (Å²) in [7, 11) is 2.95. The van der Waals surface area contributed by atoms with E-state index in [0.29, 0.717) is 11.1 Å². The zero-order valence-corrected chi connectivity index (χ0v) is 11.2. The molecule has 0 saturated carbocycles. The van der Waals surface area contributed by atoms with Gasteiger partial charge in [0.15, 0.2) is 0 Å². The maximum absolute atomic E-state index is 11.6. The van der Waals surface area contributed by atoms with Crippen molar-refractivity contribution in [3.63, 3.8) is 0 Å². The number of carbonyl (C=O) groups excluding carboxylic acids is 1. The molecule has 100 valence electrons. The fourth-order valence-corrected chi connectivity index (χ4v) is 1.60. The van der Waals surface area contributed by atoms with Crippen LogP contribution in [-0.2, 0) is 4.74 Å². The zero-order chi connectivity index (χ0) is 14.4. The molecular formula is C16H13NO3. The molecule has 0 amide bonds. The number of benzene rings is 1. The van der Waals surface area contributed by atoms with Crippen LogP contribution in [0.25, 0.3) is 0 Å². The van der Waals surface area contributed by atoms with Crippen LogP contribution in [0.3, 0.4) is 0 Å². The van der Waals surface area contributed by atoms with Crippen molar-refractivity contribution in [1.29, 1.82) is 0 Å². The van der Waals surface area contributed by atoms with Gasteiger partial charge in [-0.1, -0.05) is 11.8 Å². The first-order chi connectivity index (χ1) is 9.74. The van der Waals surface area contributed by atoms with Crippen molar-refractivity contribution in [2.24, 2.45) is 0 Å². The predicted octanol–water partition coefficient (Wildman–Crippen LogP) is 2.28. The van der Waals surface area contributed by atoms with E-state index >= 15 is 0 Å². The van der Waals surface area contributed by atoms with E-state index in [2.05, 4.69) is 16.8 Å². The Morgan fingerprint density at radius 3 is 2.50 bits per heavy atom. The van der Waals surface area contributed by atoms with Crippen LogP contribution in [0.15, 0.2) is 42.7 Å². The monoisotopic (exact) mass is 267 g/mol. The number of carbonyl (C=O) groups is 1. The lowest BCUT2D eigenvalue weighted by atomic mass is 10.1. The Morgan fingerprint density at radius 2 is 1.85 bits per heavy atom. The number of methoxy groups -OCH3 is 2. The number of nitrogens with zero attached hydrogens (tertiary/aromatic N) is 1. The number of hydrogen-bond acceptors (Lipinski definition) is 4. The first-order valence-electron chi connectivity index (χ1n) is 5.93. The van der Waals surface area contributed by atoms with E-state index in [4.69, 9.17) is 9.47 Å². The first-order valence-corrected chi connectivity index (χ1v) is 5.93. The fourth-order valence-electron chi connectivity index (χ4n) is 1.60.